The van der Waals surface area contributed by atoms with Gasteiger partial charge in [-0.1, -0.05) is 13.8 Å². The van der Waals surface area contributed by atoms with Crippen LogP contribution in [0.3, 0.4) is 0 Å². The van der Waals surface area contributed by atoms with E-state index in [-0.39, 0.29) is 5.97 Å². The Morgan fingerprint density at radius 2 is 2.16 bits per heavy atom. The molecule has 1 aliphatic rings. The van der Waals surface area contributed by atoms with Crippen LogP contribution in [0, 0.1) is 11.3 Å². The van der Waals surface area contributed by atoms with Crippen LogP contribution in [0.5, 0.6) is 0 Å². The van der Waals surface area contributed by atoms with E-state index in [9.17, 15) is 4.79 Å². The van der Waals surface area contributed by atoms with Crippen molar-refractivity contribution in [3.8, 4) is 0 Å². The fraction of sp³-hybridized carbons (Fsp3) is 0.933. The molecule has 0 radical (unpaired) electrons. The van der Waals surface area contributed by atoms with Crippen molar-refractivity contribution in [2.45, 2.75) is 46.6 Å². The second-order valence-electron chi connectivity index (χ2n) is 6.76. The second kappa shape index (κ2) is 7.25. The molecule has 0 aromatic carbocycles. The van der Waals surface area contributed by atoms with Crippen LogP contribution in [0.15, 0.2) is 0 Å². The maximum atomic E-state index is 11.8. The van der Waals surface area contributed by atoms with Crippen molar-refractivity contribution < 1.29 is 9.53 Å². The van der Waals surface area contributed by atoms with E-state index in [1.807, 2.05) is 13.8 Å². The summed E-state index contributed by atoms with van der Waals surface area (Å²) < 4.78 is 4.91. The molecule has 1 atom stereocenters. The highest BCUT2D eigenvalue weighted by atomic mass is 16.5. The first-order chi connectivity index (χ1) is 8.85. The molecule has 4 heteroatoms. The van der Waals surface area contributed by atoms with Crippen molar-refractivity contribution in [1.29, 1.82) is 0 Å². The fourth-order valence-electron chi connectivity index (χ4n) is 2.84. The van der Waals surface area contributed by atoms with Crippen molar-refractivity contribution >= 4 is 5.97 Å². The van der Waals surface area contributed by atoms with Gasteiger partial charge < -0.3 is 15.0 Å². The number of nitrogens with zero attached hydrogens (tertiary/aromatic N) is 1. The molecule has 112 valence electrons. The number of carbonyl (C=O) groups excluding carboxylic acids is 1. The third-order valence-electron chi connectivity index (χ3n) is 3.62. The number of carbonyl (C=O) groups is 1. The third kappa shape index (κ3) is 5.49. The van der Waals surface area contributed by atoms with Gasteiger partial charge >= 0.3 is 5.97 Å². The molecular weight excluding hydrogens is 240 g/mol. The predicted octanol–water partition coefficient (Wildman–Crippen LogP) is 1.90. The molecule has 0 saturated carbocycles. The lowest BCUT2D eigenvalue weighted by atomic mass is 9.92. The Morgan fingerprint density at radius 3 is 2.63 bits per heavy atom. The Kier molecular flexibility index (Phi) is 6.27. The van der Waals surface area contributed by atoms with Crippen molar-refractivity contribution in [2.75, 3.05) is 33.3 Å². The smallest absolute Gasteiger partial charge is 0.312 e. The highest BCUT2D eigenvalue weighted by molar-refractivity contribution is 5.76. The molecule has 1 fully saturated rings. The number of hydrogen-bond donors (Lipinski definition) is 1. The molecule has 4 nitrogen and oxygen atoms in total. The average molecular weight is 270 g/mol. The topological polar surface area (TPSA) is 41.6 Å². The summed E-state index contributed by atoms with van der Waals surface area (Å²) in [5.41, 5.74) is -0.442. The number of hydrogen-bond acceptors (Lipinski definition) is 4. The Morgan fingerprint density at radius 1 is 1.47 bits per heavy atom. The van der Waals surface area contributed by atoms with Crippen LogP contribution >= 0.6 is 0 Å². The molecule has 1 rings (SSSR count). The molecule has 0 aromatic heterocycles. The molecule has 0 spiro atoms. The number of nitrogens with one attached hydrogen (secondary N) is 1. The Hall–Kier alpha value is -0.610. The molecule has 0 amide bonds. The lowest BCUT2D eigenvalue weighted by Gasteiger charge is -2.33. The molecule has 0 bridgehead atoms. The van der Waals surface area contributed by atoms with Gasteiger partial charge in [-0.25, -0.2) is 0 Å². The van der Waals surface area contributed by atoms with E-state index in [4.69, 9.17) is 4.74 Å². The van der Waals surface area contributed by atoms with Gasteiger partial charge in [0.15, 0.2) is 0 Å². The van der Waals surface area contributed by atoms with Gasteiger partial charge in [0.1, 0.15) is 0 Å². The summed E-state index contributed by atoms with van der Waals surface area (Å²) >= 11 is 0. The SMILES string of the molecule is COC(=O)C(C)(C)CN(CC(C)C)CC1CCCN1. The Balaban J connectivity index is 2.59. The van der Waals surface area contributed by atoms with Crippen LogP contribution in [-0.4, -0.2) is 50.2 Å². The van der Waals surface area contributed by atoms with E-state index in [0.29, 0.717) is 12.0 Å². The number of esters is 1. The van der Waals surface area contributed by atoms with Crippen molar-refractivity contribution in [1.82, 2.24) is 10.2 Å². The normalized spacial score (nSPS) is 20.3. The summed E-state index contributed by atoms with van der Waals surface area (Å²) in [4.78, 5) is 14.2. The van der Waals surface area contributed by atoms with E-state index in [2.05, 4.69) is 24.1 Å². The van der Waals surface area contributed by atoms with Crippen LogP contribution in [0.4, 0.5) is 0 Å². The number of methoxy groups -OCH3 is 1. The zero-order valence-corrected chi connectivity index (χ0v) is 13.2. The molecule has 1 aliphatic heterocycles. The summed E-state index contributed by atoms with van der Waals surface area (Å²) in [5.74, 6) is 0.482. The average Bonchev–Trinajstić information content (AvgIpc) is 2.79. The van der Waals surface area contributed by atoms with Crippen LogP contribution in [0.2, 0.25) is 0 Å². The third-order valence-corrected chi connectivity index (χ3v) is 3.62. The first-order valence-electron chi connectivity index (χ1n) is 7.39. The monoisotopic (exact) mass is 270 g/mol. The second-order valence-corrected chi connectivity index (χ2v) is 6.76. The summed E-state index contributed by atoms with van der Waals surface area (Å²) in [5, 5.41) is 3.53. The maximum Gasteiger partial charge on any atom is 0.312 e. The molecule has 19 heavy (non-hydrogen) atoms. The Bertz CT molecular complexity index is 284. The molecule has 1 heterocycles. The van der Waals surface area contributed by atoms with Crippen molar-refractivity contribution in [2.24, 2.45) is 11.3 Å². The van der Waals surface area contributed by atoms with Gasteiger partial charge in [0.25, 0.3) is 0 Å². The summed E-state index contributed by atoms with van der Waals surface area (Å²) in [6, 6.07) is 0.576. The zero-order chi connectivity index (χ0) is 14.5. The van der Waals surface area contributed by atoms with Crippen molar-refractivity contribution in [3.05, 3.63) is 0 Å². The minimum Gasteiger partial charge on any atom is -0.469 e. The lowest BCUT2D eigenvalue weighted by Crippen LogP contribution is -2.46. The minimum atomic E-state index is -0.442. The van der Waals surface area contributed by atoms with Crippen LogP contribution in [0.1, 0.15) is 40.5 Å². The van der Waals surface area contributed by atoms with Crippen LogP contribution in [-0.2, 0) is 9.53 Å². The summed E-state index contributed by atoms with van der Waals surface area (Å²) in [7, 11) is 1.47. The maximum absolute atomic E-state index is 11.8. The fourth-order valence-corrected chi connectivity index (χ4v) is 2.84. The van der Waals surface area contributed by atoms with Crippen LogP contribution in [0.25, 0.3) is 0 Å². The van der Waals surface area contributed by atoms with Gasteiger partial charge in [0.05, 0.1) is 12.5 Å². The number of ether oxygens (including phenoxy) is 1. The quantitative estimate of drug-likeness (QED) is 0.717. The van der Waals surface area contributed by atoms with E-state index in [0.717, 1.165) is 26.2 Å². The van der Waals surface area contributed by atoms with Gasteiger partial charge in [-0.05, 0) is 39.2 Å². The van der Waals surface area contributed by atoms with Gasteiger partial charge in [0.2, 0.25) is 0 Å². The van der Waals surface area contributed by atoms with Crippen LogP contribution < -0.4 is 5.32 Å². The van der Waals surface area contributed by atoms with Crippen molar-refractivity contribution in [3.63, 3.8) is 0 Å². The van der Waals surface area contributed by atoms with E-state index < -0.39 is 5.41 Å². The van der Waals surface area contributed by atoms with Gasteiger partial charge in [-0.15, -0.1) is 0 Å². The summed E-state index contributed by atoms with van der Waals surface area (Å²) in [6.45, 7) is 12.3. The molecule has 0 aliphatic carbocycles. The van der Waals surface area contributed by atoms with Gasteiger partial charge in [0, 0.05) is 25.7 Å². The molecular formula is C15H30N2O2. The van der Waals surface area contributed by atoms with Gasteiger partial charge in [-0.2, -0.15) is 0 Å². The minimum absolute atomic E-state index is 0.124. The van der Waals surface area contributed by atoms with E-state index in [1.54, 1.807) is 0 Å². The first kappa shape index (κ1) is 16.4. The standard InChI is InChI=1S/C15H30N2O2/c1-12(2)9-17(10-13-7-6-8-16-13)11-15(3,4)14(18)19-5/h12-13,16H,6-11H2,1-5H3. The zero-order valence-electron chi connectivity index (χ0n) is 13.2. The largest absolute Gasteiger partial charge is 0.469 e. The molecule has 1 N–H and O–H groups in total. The molecule has 1 unspecified atom stereocenters. The lowest BCUT2D eigenvalue weighted by molar-refractivity contribution is -0.152. The first-order valence-corrected chi connectivity index (χ1v) is 7.39. The molecule has 0 aromatic rings. The highest BCUT2D eigenvalue weighted by Crippen LogP contribution is 2.20. The van der Waals surface area contributed by atoms with Gasteiger partial charge in [-0.3, -0.25) is 4.79 Å². The molecule has 1 saturated heterocycles. The Labute approximate surface area is 117 Å². The van der Waals surface area contributed by atoms with E-state index >= 15 is 0 Å². The highest BCUT2D eigenvalue weighted by Gasteiger charge is 2.32. The van der Waals surface area contributed by atoms with E-state index in [1.165, 1.54) is 20.0 Å². The summed E-state index contributed by atoms with van der Waals surface area (Å²) in [6.07, 6.45) is 2.51. The number of rotatable bonds is 7. The predicted molar refractivity (Wildman–Crippen MR) is 78.1 cm³/mol.